The third-order valence-corrected chi connectivity index (χ3v) is 1.92. The lowest BCUT2D eigenvalue weighted by atomic mass is 10.3. The molecule has 0 fully saturated rings. The average Bonchev–Trinajstić information content (AvgIpc) is 2.00. The summed E-state index contributed by atoms with van der Waals surface area (Å²) >= 11 is 0. The number of aromatic nitrogens is 1. The molecular formula is C10H12FNS. The van der Waals surface area contributed by atoms with E-state index in [0.29, 0.717) is 5.56 Å². The van der Waals surface area contributed by atoms with Crippen LogP contribution in [0.2, 0.25) is 0 Å². The molecule has 0 saturated carbocycles. The van der Waals surface area contributed by atoms with Crippen molar-refractivity contribution >= 4 is 10.0 Å². The van der Waals surface area contributed by atoms with Crippen molar-refractivity contribution in [2.45, 2.75) is 0 Å². The molecule has 1 aromatic heterocycles. The van der Waals surface area contributed by atoms with Crippen molar-refractivity contribution in [3.8, 4) is 11.2 Å². The van der Waals surface area contributed by atoms with E-state index < -0.39 is 10.0 Å². The van der Waals surface area contributed by atoms with E-state index in [1.165, 1.54) is 12.3 Å². The fourth-order valence-corrected chi connectivity index (χ4v) is 1.12. The Labute approximate surface area is 79.7 Å². The van der Waals surface area contributed by atoms with E-state index in [2.05, 4.69) is 34.9 Å². The summed E-state index contributed by atoms with van der Waals surface area (Å²) in [6.07, 6.45) is 9.02. The highest BCUT2D eigenvalue weighted by Crippen LogP contribution is 2.32. The van der Waals surface area contributed by atoms with Crippen LogP contribution in [0, 0.1) is 17.0 Å². The van der Waals surface area contributed by atoms with Gasteiger partial charge in [-0.3, -0.25) is 4.98 Å². The van der Waals surface area contributed by atoms with Gasteiger partial charge in [0.1, 0.15) is 5.82 Å². The van der Waals surface area contributed by atoms with Crippen molar-refractivity contribution in [3.05, 3.63) is 29.8 Å². The number of halogens is 1. The Morgan fingerprint density at radius 2 is 2.00 bits per heavy atom. The third kappa shape index (κ3) is 3.95. The average molecular weight is 197 g/mol. The fraction of sp³-hybridized carbons (Fsp3) is 0.300. The molecule has 0 aromatic carbocycles. The van der Waals surface area contributed by atoms with Gasteiger partial charge < -0.3 is 0 Å². The van der Waals surface area contributed by atoms with Gasteiger partial charge >= 0.3 is 0 Å². The summed E-state index contributed by atoms with van der Waals surface area (Å²) in [4.78, 5) is 3.72. The van der Waals surface area contributed by atoms with Crippen molar-refractivity contribution in [3.63, 3.8) is 0 Å². The van der Waals surface area contributed by atoms with E-state index in [1.807, 2.05) is 0 Å². The van der Waals surface area contributed by atoms with E-state index in [9.17, 15) is 4.39 Å². The first kappa shape index (κ1) is 10.1. The van der Waals surface area contributed by atoms with E-state index >= 15 is 0 Å². The molecule has 0 amide bonds. The van der Waals surface area contributed by atoms with Crippen molar-refractivity contribution in [2.75, 3.05) is 18.8 Å². The summed E-state index contributed by atoms with van der Waals surface area (Å²) in [6, 6.07) is 1.39. The van der Waals surface area contributed by atoms with Crippen LogP contribution in [0.5, 0.6) is 0 Å². The van der Waals surface area contributed by atoms with E-state index in [4.69, 9.17) is 0 Å². The highest BCUT2D eigenvalue weighted by molar-refractivity contribution is 8.35. The largest absolute Gasteiger partial charge is 0.260 e. The fourth-order valence-electron chi connectivity index (χ4n) is 0.692. The second kappa shape index (κ2) is 3.80. The molecular weight excluding hydrogens is 185 g/mol. The highest BCUT2D eigenvalue weighted by Gasteiger charge is 1.96. The Hall–Kier alpha value is -1.01. The lowest BCUT2D eigenvalue weighted by Gasteiger charge is -2.14. The minimum absolute atomic E-state index is 0.337. The molecule has 0 atom stereocenters. The van der Waals surface area contributed by atoms with E-state index in [1.54, 1.807) is 6.20 Å². The zero-order valence-corrected chi connectivity index (χ0v) is 8.78. The molecule has 0 unspecified atom stereocenters. The van der Waals surface area contributed by atoms with Crippen molar-refractivity contribution in [2.24, 2.45) is 0 Å². The molecule has 0 N–H and O–H groups in total. The summed E-state index contributed by atoms with van der Waals surface area (Å²) in [5, 5.41) is 3.09. The Morgan fingerprint density at radius 1 is 1.31 bits per heavy atom. The van der Waals surface area contributed by atoms with Gasteiger partial charge in [-0.05, 0) is 30.1 Å². The lowest BCUT2D eigenvalue weighted by molar-refractivity contribution is 0.621. The maximum atomic E-state index is 12.7. The van der Waals surface area contributed by atoms with E-state index in [-0.39, 0.29) is 5.82 Å². The van der Waals surface area contributed by atoms with Gasteiger partial charge in [-0.15, -0.1) is 0 Å². The normalized spacial score (nSPS) is 11.7. The number of nitrogens with zero attached hydrogens (tertiary/aromatic N) is 1. The second-order valence-electron chi connectivity index (χ2n) is 3.46. The summed E-state index contributed by atoms with van der Waals surface area (Å²) in [5.74, 6) is 2.57. The zero-order valence-electron chi connectivity index (χ0n) is 7.97. The number of hydrogen-bond acceptors (Lipinski definition) is 1. The Balaban J connectivity index is 2.90. The molecule has 1 aromatic rings. The third-order valence-electron chi connectivity index (χ3n) is 1.21. The summed E-state index contributed by atoms with van der Waals surface area (Å²) < 4.78 is 12.7. The van der Waals surface area contributed by atoms with Crippen LogP contribution >= 0.6 is 10.0 Å². The van der Waals surface area contributed by atoms with Gasteiger partial charge in [0.2, 0.25) is 0 Å². The first-order valence-electron chi connectivity index (χ1n) is 3.79. The van der Waals surface area contributed by atoms with Crippen LogP contribution in [0.15, 0.2) is 18.5 Å². The van der Waals surface area contributed by atoms with Gasteiger partial charge in [0, 0.05) is 11.8 Å². The maximum absolute atomic E-state index is 12.7. The van der Waals surface area contributed by atoms with Gasteiger partial charge in [0.15, 0.2) is 0 Å². The molecule has 1 rings (SSSR count). The van der Waals surface area contributed by atoms with Crippen LogP contribution in [-0.4, -0.2) is 23.8 Å². The van der Waals surface area contributed by atoms with Crippen molar-refractivity contribution in [1.29, 1.82) is 0 Å². The van der Waals surface area contributed by atoms with Gasteiger partial charge in [-0.25, -0.2) is 4.39 Å². The molecule has 1 nitrogen and oxygen atoms in total. The van der Waals surface area contributed by atoms with Gasteiger partial charge in [-0.1, -0.05) is 5.92 Å². The molecule has 0 spiro atoms. The minimum atomic E-state index is -0.847. The molecule has 0 aliphatic carbocycles. The Morgan fingerprint density at radius 3 is 2.54 bits per heavy atom. The van der Waals surface area contributed by atoms with Crippen LogP contribution in [-0.2, 0) is 0 Å². The molecule has 13 heavy (non-hydrogen) atoms. The van der Waals surface area contributed by atoms with Crippen LogP contribution in [0.4, 0.5) is 4.39 Å². The molecule has 3 heteroatoms. The number of rotatable bonds is 0. The molecule has 1 heterocycles. The van der Waals surface area contributed by atoms with Crippen LogP contribution in [0.25, 0.3) is 0 Å². The summed E-state index contributed by atoms with van der Waals surface area (Å²) in [5.41, 5.74) is 0.641. The quantitative estimate of drug-likeness (QED) is 0.581. The Kier molecular flexibility index (Phi) is 2.94. The van der Waals surface area contributed by atoms with Crippen molar-refractivity contribution in [1.82, 2.24) is 4.98 Å². The number of pyridine rings is 1. The number of hydrogen-bond donors (Lipinski definition) is 0. The van der Waals surface area contributed by atoms with E-state index in [0.717, 1.165) is 0 Å². The standard InChI is InChI=1S/C10H12FNS/c1-13(2,3)5-4-9-6-10(11)8-12-7-9/h6-8H,1-3H3. The smallest absolute Gasteiger partial charge is 0.142 e. The SMILES string of the molecule is CS(C)(C)C#Cc1cncc(F)c1. The summed E-state index contributed by atoms with van der Waals surface area (Å²) in [6.45, 7) is 0. The molecule has 0 aliphatic heterocycles. The predicted octanol–water partition coefficient (Wildman–Crippen LogP) is 2.22. The second-order valence-corrected chi connectivity index (χ2v) is 7.33. The molecule has 70 valence electrons. The summed E-state index contributed by atoms with van der Waals surface area (Å²) in [7, 11) is -0.847. The van der Waals surface area contributed by atoms with Gasteiger partial charge in [0.25, 0.3) is 0 Å². The maximum Gasteiger partial charge on any atom is 0.142 e. The predicted molar refractivity (Wildman–Crippen MR) is 56.4 cm³/mol. The van der Waals surface area contributed by atoms with Crippen LogP contribution in [0.1, 0.15) is 5.56 Å². The zero-order chi connectivity index (χ0) is 9.90. The monoisotopic (exact) mass is 197 g/mol. The lowest BCUT2D eigenvalue weighted by Crippen LogP contribution is -1.86. The molecule has 0 saturated heterocycles. The molecule has 0 radical (unpaired) electrons. The van der Waals surface area contributed by atoms with Crippen molar-refractivity contribution < 1.29 is 4.39 Å². The first-order valence-corrected chi connectivity index (χ1v) is 6.65. The topological polar surface area (TPSA) is 12.9 Å². The minimum Gasteiger partial charge on any atom is -0.260 e. The highest BCUT2D eigenvalue weighted by atomic mass is 32.3. The van der Waals surface area contributed by atoms with Crippen LogP contribution < -0.4 is 0 Å². The Bertz CT molecular complexity index is 357. The van der Waals surface area contributed by atoms with Gasteiger partial charge in [-0.2, -0.15) is 10.0 Å². The molecule has 0 bridgehead atoms. The van der Waals surface area contributed by atoms with Gasteiger partial charge in [0.05, 0.1) is 6.20 Å². The molecule has 0 aliphatic rings. The first-order chi connectivity index (χ1) is 5.97. The van der Waals surface area contributed by atoms with Crippen LogP contribution in [0.3, 0.4) is 0 Å².